The fourth-order valence-corrected chi connectivity index (χ4v) is 3.65. The first-order chi connectivity index (χ1) is 15.5. The number of piperazine rings is 1. The zero-order valence-electron chi connectivity index (χ0n) is 19.0. The van der Waals surface area contributed by atoms with Crippen molar-refractivity contribution in [3.8, 4) is 28.7 Å². The van der Waals surface area contributed by atoms with E-state index in [1.54, 1.807) is 47.2 Å². The molecule has 9 heteroatoms. The number of hydrogen-bond acceptors (Lipinski definition) is 7. The van der Waals surface area contributed by atoms with Crippen molar-refractivity contribution in [2.45, 2.75) is 0 Å². The van der Waals surface area contributed by atoms with Crippen LogP contribution in [0.1, 0.15) is 20.7 Å². The third-order valence-electron chi connectivity index (χ3n) is 5.40. The van der Waals surface area contributed by atoms with Crippen molar-refractivity contribution >= 4 is 11.8 Å². The summed E-state index contributed by atoms with van der Waals surface area (Å²) >= 11 is 0. The van der Waals surface area contributed by atoms with Crippen molar-refractivity contribution in [1.29, 1.82) is 0 Å². The number of ether oxygens (including phenoxy) is 5. The van der Waals surface area contributed by atoms with Gasteiger partial charge in [-0.1, -0.05) is 0 Å². The van der Waals surface area contributed by atoms with Crippen LogP contribution in [0.15, 0.2) is 30.3 Å². The molecule has 0 aliphatic carbocycles. The maximum absolute atomic E-state index is 13.1. The third-order valence-corrected chi connectivity index (χ3v) is 5.40. The number of methoxy groups -OCH3 is 5. The molecule has 172 valence electrons. The Kier molecular flexibility index (Phi) is 7.29. The van der Waals surface area contributed by atoms with Gasteiger partial charge in [-0.2, -0.15) is 0 Å². The highest BCUT2D eigenvalue weighted by Crippen LogP contribution is 2.38. The highest BCUT2D eigenvalue weighted by atomic mass is 16.5. The third kappa shape index (κ3) is 4.51. The summed E-state index contributed by atoms with van der Waals surface area (Å²) < 4.78 is 26.5. The smallest absolute Gasteiger partial charge is 0.257 e. The van der Waals surface area contributed by atoms with Gasteiger partial charge in [0.25, 0.3) is 11.8 Å². The lowest BCUT2D eigenvalue weighted by molar-refractivity contribution is 0.0533. The summed E-state index contributed by atoms with van der Waals surface area (Å²) in [6.07, 6.45) is 0. The van der Waals surface area contributed by atoms with Crippen LogP contribution in [-0.2, 0) is 0 Å². The molecule has 1 aliphatic rings. The molecule has 0 bridgehead atoms. The first-order valence-electron chi connectivity index (χ1n) is 10.1. The molecule has 2 aromatic carbocycles. The van der Waals surface area contributed by atoms with Gasteiger partial charge in [0, 0.05) is 37.8 Å². The van der Waals surface area contributed by atoms with E-state index in [4.69, 9.17) is 23.7 Å². The Hall–Kier alpha value is -3.62. The van der Waals surface area contributed by atoms with E-state index >= 15 is 0 Å². The Labute approximate surface area is 187 Å². The van der Waals surface area contributed by atoms with Gasteiger partial charge in [-0.25, -0.2) is 0 Å². The second kappa shape index (κ2) is 10.1. The Morgan fingerprint density at radius 2 is 1.19 bits per heavy atom. The molecule has 9 nitrogen and oxygen atoms in total. The first kappa shape index (κ1) is 23.1. The van der Waals surface area contributed by atoms with Crippen molar-refractivity contribution in [3.05, 3.63) is 41.5 Å². The van der Waals surface area contributed by atoms with Crippen LogP contribution in [0.2, 0.25) is 0 Å². The summed E-state index contributed by atoms with van der Waals surface area (Å²) in [7, 11) is 7.59. The van der Waals surface area contributed by atoms with Crippen LogP contribution in [0.5, 0.6) is 28.7 Å². The molecule has 0 unspecified atom stereocenters. The van der Waals surface area contributed by atoms with Crippen LogP contribution in [0.3, 0.4) is 0 Å². The Balaban J connectivity index is 1.72. The average molecular weight is 444 g/mol. The number of benzene rings is 2. The van der Waals surface area contributed by atoms with Crippen LogP contribution in [0, 0.1) is 0 Å². The van der Waals surface area contributed by atoms with Crippen molar-refractivity contribution in [1.82, 2.24) is 9.80 Å². The zero-order valence-corrected chi connectivity index (χ0v) is 19.0. The number of hydrogen-bond donors (Lipinski definition) is 0. The highest BCUT2D eigenvalue weighted by molar-refractivity contribution is 5.98. The van der Waals surface area contributed by atoms with Gasteiger partial charge in [-0.15, -0.1) is 0 Å². The molecule has 1 aliphatic heterocycles. The summed E-state index contributed by atoms with van der Waals surface area (Å²) in [6, 6.07) is 8.34. The van der Waals surface area contributed by atoms with Crippen molar-refractivity contribution in [2.24, 2.45) is 0 Å². The lowest BCUT2D eigenvalue weighted by Gasteiger charge is -2.35. The molecule has 3 rings (SSSR count). The average Bonchev–Trinajstić information content (AvgIpc) is 2.86. The van der Waals surface area contributed by atoms with Gasteiger partial charge in [0.1, 0.15) is 11.5 Å². The van der Waals surface area contributed by atoms with Crippen molar-refractivity contribution in [2.75, 3.05) is 61.7 Å². The number of amides is 2. The van der Waals surface area contributed by atoms with E-state index in [0.29, 0.717) is 66.1 Å². The molecule has 1 heterocycles. The van der Waals surface area contributed by atoms with Gasteiger partial charge in [-0.05, 0) is 24.3 Å². The van der Waals surface area contributed by atoms with Crippen LogP contribution < -0.4 is 23.7 Å². The lowest BCUT2D eigenvalue weighted by Crippen LogP contribution is -2.50. The minimum Gasteiger partial charge on any atom is -0.497 e. The number of rotatable bonds is 7. The molecular formula is C23H28N2O7. The molecule has 0 radical (unpaired) electrons. The molecule has 0 aromatic heterocycles. The minimum absolute atomic E-state index is 0.149. The molecule has 0 saturated carbocycles. The number of nitrogens with zero attached hydrogens (tertiary/aromatic N) is 2. The first-order valence-corrected chi connectivity index (χ1v) is 10.1. The Bertz CT molecular complexity index is 959. The molecule has 0 spiro atoms. The summed E-state index contributed by atoms with van der Waals surface area (Å²) in [5, 5.41) is 0. The van der Waals surface area contributed by atoms with Crippen LogP contribution in [0.4, 0.5) is 0 Å². The van der Waals surface area contributed by atoms with E-state index in [-0.39, 0.29) is 11.8 Å². The maximum Gasteiger partial charge on any atom is 0.257 e. The van der Waals surface area contributed by atoms with E-state index in [2.05, 4.69) is 0 Å². The second-order valence-electron chi connectivity index (χ2n) is 7.06. The van der Waals surface area contributed by atoms with Crippen LogP contribution in [-0.4, -0.2) is 83.3 Å². The van der Waals surface area contributed by atoms with E-state index < -0.39 is 0 Å². The van der Waals surface area contributed by atoms with Crippen molar-refractivity contribution in [3.63, 3.8) is 0 Å². The van der Waals surface area contributed by atoms with E-state index in [0.717, 1.165) is 0 Å². The second-order valence-corrected chi connectivity index (χ2v) is 7.06. The zero-order chi connectivity index (χ0) is 23.3. The standard InChI is InChI=1S/C23H28N2O7/c1-28-16-6-7-17(18(14-16)29-2)23(27)25-10-8-24(9-11-25)22(26)15-12-19(30-3)21(32-5)20(13-15)31-4/h6-7,12-14H,8-11H2,1-5H3. The largest absolute Gasteiger partial charge is 0.497 e. The van der Waals surface area contributed by atoms with Gasteiger partial charge >= 0.3 is 0 Å². The van der Waals surface area contributed by atoms with Gasteiger partial charge in [0.2, 0.25) is 5.75 Å². The van der Waals surface area contributed by atoms with Gasteiger partial charge in [0.05, 0.1) is 41.1 Å². The minimum atomic E-state index is -0.168. The predicted octanol–water partition coefficient (Wildman–Crippen LogP) is 2.33. The van der Waals surface area contributed by atoms with Gasteiger partial charge < -0.3 is 33.5 Å². The molecule has 2 amide bonds. The summed E-state index contributed by atoms with van der Waals surface area (Å²) in [5.74, 6) is 1.99. The monoisotopic (exact) mass is 444 g/mol. The molecule has 32 heavy (non-hydrogen) atoms. The van der Waals surface area contributed by atoms with Crippen LogP contribution in [0.25, 0.3) is 0 Å². The molecule has 0 atom stereocenters. The molecule has 1 saturated heterocycles. The van der Waals surface area contributed by atoms with Gasteiger partial charge in [-0.3, -0.25) is 9.59 Å². The van der Waals surface area contributed by atoms with Crippen LogP contribution >= 0.6 is 0 Å². The normalized spacial score (nSPS) is 13.4. The molecule has 2 aromatic rings. The summed E-state index contributed by atoms with van der Waals surface area (Å²) in [5.41, 5.74) is 0.883. The maximum atomic E-state index is 13.1. The summed E-state index contributed by atoms with van der Waals surface area (Å²) in [4.78, 5) is 29.5. The fraction of sp³-hybridized carbons (Fsp3) is 0.391. The fourth-order valence-electron chi connectivity index (χ4n) is 3.65. The van der Waals surface area contributed by atoms with E-state index in [9.17, 15) is 9.59 Å². The molecule has 0 N–H and O–H groups in total. The quantitative estimate of drug-likeness (QED) is 0.648. The number of carbonyl (C=O) groups is 2. The topological polar surface area (TPSA) is 86.8 Å². The van der Waals surface area contributed by atoms with E-state index in [1.165, 1.54) is 28.4 Å². The Morgan fingerprint density at radius 1 is 0.656 bits per heavy atom. The summed E-state index contributed by atoms with van der Waals surface area (Å²) in [6.45, 7) is 1.62. The molecule has 1 fully saturated rings. The molecular weight excluding hydrogens is 416 g/mol. The van der Waals surface area contributed by atoms with Gasteiger partial charge in [0.15, 0.2) is 11.5 Å². The SMILES string of the molecule is COc1ccc(C(=O)N2CCN(C(=O)c3cc(OC)c(OC)c(OC)c3)CC2)c(OC)c1. The number of carbonyl (C=O) groups excluding carboxylic acids is 2. The van der Waals surface area contributed by atoms with Crippen molar-refractivity contribution < 1.29 is 33.3 Å². The lowest BCUT2D eigenvalue weighted by atomic mass is 10.1. The van der Waals surface area contributed by atoms with E-state index in [1.807, 2.05) is 0 Å². The Morgan fingerprint density at radius 3 is 1.66 bits per heavy atom. The predicted molar refractivity (Wildman–Crippen MR) is 117 cm³/mol. The highest BCUT2D eigenvalue weighted by Gasteiger charge is 2.28.